The lowest BCUT2D eigenvalue weighted by Crippen LogP contribution is -2.44. The maximum absolute atomic E-state index is 12.7. The molecule has 0 unspecified atom stereocenters. The fourth-order valence-corrected chi connectivity index (χ4v) is 5.32. The molecule has 1 aliphatic heterocycles. The van der Waals surface area contributed by atoms with Crippen molar-refractivity contribution in [2.24, 2.45) is 5.92 Å². The Labute approximate surface area is 245 Å². The molecule has 43 heavy (non-hydrogen) atoms. The van der Waals surface area contributed by atoms with E-state index in [0.29, 0.717) is 50.4 Å². The molecule has 1 heterocycles. The number of alkyl halides is 6. The first-order valence-electron chi connectivity index (χ1n) is 13.6. The fraction of sp³-hybridized carbons (Fsp3) is 0.387. The molecule has 0 amide bonds. The summed E-state index contributed by atoms with van der Waals surface area (Å²) >= 11 is 0. The van der Waals surface area contributed by atoms with Crippen LogP contribution in [0.15, 0.2) is 66.7 Å². The van der Waals surface area contributed by atoms with Gasteiger partial charge in [-0.1, -0.05) is 37.3 Å². The molecule has 1 saturated heterocycles. The number of hydrogen-bond donors (Lipinski definition) is 1. The van der Waals surface area contributed by atoms with Gasteiger partial charge in [0, 0.05) is 6.54 Å². The quantitative estimate of drug-likeness (QED) is 0.244. The van der Waals surface area contributed by atoms with Gasteiger partial charge in [-0.3, -0.25) is 4.90 Å². The van der Waals surface area contributed by atoms with E-state index in [1.165, 1.54) is 24.3 Å². The molecule has 6 nitrogen and oxygen atoms in total. The second-order valence-electron chi connectivity index (χ2n) is 10.2. The smallest absolute Gasteiger partial charge is 0.494 e. The zero-order valence-corrected chi connectivity index (χ0v) is 23.2. The normalized spacial score (nSPS) is 15.1. The molecule has 1 N–H and O–H groups in total. The van der Waals surface area contributed by atoms with Gasteiger partial charge in [0.25, 0.3) is 0 Å². The van der Waals surface area contributed by atoms with E-state index in [9.17, 15) is 36.7 Å². The van der Waals surface area contributed by atoms with E-state index in [1.54, 1.807) is 6.07 Å². The van der Waals surface area contributed by atoms with E-state index >= 15 is 0 Å². The molecular weight excluding hydrogens is 578 g/mol. The summed E-state index contributed by atoms with van der Waals surface area (Å²) in [6.07, 6.45) is -8.04. The van der Waals surface area contributed by atoms with E-state index in [4.69, 9.17) is 4.74 Å². The van der Waals surface area contributed by atoms with Gasteiger partial charge in [-0.25, -0.2) is 0 Å². The van der Waals surface area contributed by atoms with Crippen molar-refractivity contribution in [1.82, 2.24) is 4.90 Å². The highest BCUT2D eigenvalue weighted by molar-refractivity contribution is 5.44. The Kier molecular flexibility index (Phi) is 9.77. The lowest BCUT2D eigenvalue weighted by molar-refractivity contribution is -0.275. The fourth-order valence-electron chi connectivity index (χ4n) is 5.32. The van der Waals surface area contributed by atoms with Crippen LogP contribution in [0.3, 0.4) is 0 Å². The molecule has 1 fully saturated rings. The first-order valence-corrected chi connectivity index (χ1v) is 13.6. The summed E-state index contributed by atoms with van der Waals surface area (Å²) in [7, 11) is 0. The average molecular weight is 609 g/mol. The number of likely N-dealkylation sites (tertiary alicyclic amines) is 1. The lowest BCUT2D eigenvalue weighted by Gasteiger charge is -2.42. The van der Waals surface area contributed by atoms with Crippen molar-refractivity contribution in [2.45, 2.75) is 51.1 Å². The molecule has 3 aromatic rings. The molecule has 0 spiro atoms. The summed E-state index contributed by atoms with van der Waals surface area (Å²) in [4.78, 5) is 2.13. The SMILES string of the molecule is CCCOc1ccc(CN2CCC(C(O)(c3ccc(OC(F)(F)F)cc3)c3ccc(OC(F)(F)F)cc3)CC2)c(C#N)c1. The Hall–Kier alpha value is -3.95. The highest BCUT2D eigenvalue weighted by Gasteiger charge is 2.42. The minimum absolute atomic E-state index is 0.263. The second kappa shape index (κ2) is 13.1. The van der Waals surface area contributed by atoms with Gasteiger partial charge < -0.3 is 19.3 Å². The standard InChI is InChI=1S/C31H30F6N2O4/c1-2-17-41-28-8-3-21(22(18-28)19-38)20-39-15-13-25(14-16-39)29(40,23-4-9-26(10-5-23)42-30(32,33)34)24-6-11-27(12-7-24)43-31(35,36)37/h3-12,18,25,40H,2,13-17,20H2,1H3. The van der Waals surface area contributed by atoms with Gasteiger partial charge in [-0.05, 0) is 91.4 Å². The topological polar surface area (TPSA) is 75.0 Å². The van der Waals surface area contributed by atoms with Crippen LogP contribution in [0, 0.1) is 17.2 Å². The van der Waals surface area contributed by atoms with E-state index in [2.05, 4.69) is 20.4 Å². The highest BCUT2D eigenvalue weighted by Crippen LogP contribution is 2.43. The number of ether oxygens (including phenoxy) is 3. The van der Waals surface area contributed by atoms with Crippen molar-refractivity contribution in [2.75, 3.05) is 19.7 Å². The van der Waals surface area contributed by atoms with Crippen LogP contribution >= 0.6 is 0 Å². The molecule has 0 saturated carbocycles. The Morgan fingerprint density at radius 2 is 1.30 bits per heavy atom. The van der Waals surface area contributed by atoms with Crippen molar-refractivity contribution in [3.8, 4) is 23.3 Å². The molecule has 0 aliphatic carbocycles. The van der Waals surface area contributed by atoms with Crippen LogP contribution in [0.2, 0.25) is 0 Å². The Morgan fingerprint density at radius 1 is 0.814 bits per heavy atom. The molecule has 0 aromatic heterocycles. The Bertz CT molecular complexity index is 1330. The summed E-state index contributed by atoms with van der Waals surface area (Å²) in [5.74, 6) is -0.763. The second-order valence-corrected chi connectivity index (χ2v) is 10.2. The van der Waals surface area contributed by atoms with Gasteiger partial charge in [0.05, 0.1) is 18.2 Å². The molecule has 230 valence electrons. The van der Waals surface area contributed by atoms with E-state index in [1.807, 2.05) is 19.1 Å². The van der Waals surface area contributed by atoms with Crippen molar-refractivity contribution in [1.29, 1.82) is 5.26 Å². The number of benzene rings is 3. The van der Waals surface area contributed by atoms with Crippen molar-refractivity contribution >= 4 is 0 Å². The highest BCUT2D eigenvalue weighted by atomic mass is 19.4. The third-order valence-corrected chi connectivity index (χ3v) is 7.30. The van der Waals surface area contributed by atoms with Gasteiger partial charge in [0.2, 0.25) is 0 Å². The van der Waals surface area contributed by atoms with Crippen LogP contribution in [-0.4, -0.2) is 42.4 Å². The van der Waals surface area contributed by atoms with E-state index < -0.39 is 35.7 Å². The molecular formula is C31H30F6N2O4. The van der Waals surface area contributed by atoms with Gasteiger partial charge >= 0.3 is 12.7 Å². The zero-order chi connectivity index (χ0) is 31.3. The molecule has 12 heteroatoms. The Balaban J connectivity index is 1.56. The molecule has 3 aromatic carbocycles. The van der Waals surface area contributed by atoms with Crippen molar-refractivity contribution in [3.63, 3.8) is 0 Å². The first-order chi connectivity index (χ1) is 20.3. The molecule has 0 radical (unpaired) electrons. The molecule has 0 atom stereocenters. The minimum Gasteiger partial charge on any atom is -0.494 e. The lowest BCUT2D eigenvalue weighted by atomic mass is 9.72. The van der Waals surface area contributed by atoms with E-state index in [-0.39, 0.29) is 11.1 Å². The third-order valence-electron chi connectivity index (χ3n) is 7.30. The largest absolute Gasteiger partial charge is 0.573 e. The van der Waals surface area contributed by atoms with Gasteiger partial charge in [-0.15, -0.1) is 26.3 Å². The number of nitriles is 1. The zero-order valence-electron chi connectivity index (χ0n) is 23.2. The minimum atomic E-state index is -4.90. The predicted molar refractivity (Wildman–Crippen MR) is 144 cm³/mol. The molecule has 0 bridgehead atoms. The van der Waals surface area contributed by atoms with Crippen LogP contribution in [0.5, 0.6) is 17.2 Å². The van der Waals surface area contributed by atoms with Crippen LogP contribution in [0.25, 0.3) is 0 Å². The number of rotatable bonds is 10. The summed E-state index contributed by atoms with van der Waals surface area (Å²) < 4.78 is 89.8. The molecule has 4 rings (SSSR count). The number of piperidine rings is 1. The molecule has 1 aliphatic rings. The first kappa shape index (κ1) is 32.0. The number of halogens is 6. The summed E-state index contributed by atoms with van der Waals surface area (Å²) in [5, 5.41) is 21.8. The number of nitrogens with zero attached hydrogens (tertiary/aromatic N) is 2. The number of hydrogen-bond acceptors (Lipinski definition) is 6. The average Bonchev–Trinajstić information content (AvgIpc) is 2.95. The summed E-state index contributed by atoms with van der Waals surface area (Å²) in [6, 6.07) is 17.2. The maximum atomic E-state index is 12.7. The summed E-state index contributed by atoms with van der Waals surface area (Å²) in [5.41, 5.74) is 0.101. The maximum Gasteiger partial charge on any atom is 0.573 e. The monoisotopic (exact) mass is 608 g/mol. The van der Waals surface area contributed by atoms with Gasteiger partial charge in [-0.2, -0.15) is 5.26 Å². The third kappa shape index (κ3) is 8.33. The number of aliphatic hydroxyl groups is 1. The summed E-state index contributed by atoms with van der Waals surface area (Å²) in [6.45, 7) is 4.05. The van der Waals surface area contributed by atoms with Crippen molar-refractivity contribution in [3.05, 3.63) is 89.0 Å². The van der Waals surface area contributed by atoms with Crippen LogP contribution < -0.4 is 14.2 Å². The van der Waals surface area contributed by atoms with Crippen molar-refractivity contribution < 1.29 is 45.7 Å². The van der Waals surface area contributed by atoms with Crippen LogP contribution in [-0.2, 0) is 12.1 Å². The van der Waals surface area contributed by atoms with Crippen LogP contribution in [0.4, 0.5) is 26.3 Å². The van der Waals surface area contributed by atoms with Crippen LogP contribution in [0.1, 0.15) is 48.4 Å². The van der Waals surface area contributed by atoms with Gasteiger partial charge in [0.15, 0.2) is 0 Å². The van der Waals surface area contributed by atoms with E-state index in [0.717, 1.165) is 36.2 Å². The van der Waals surface area contributed by atoms with Gasteiger partial charge in [0.1, 0.15) is 22.8 Å². The Morgan fingerprint density at radius 3 is 1.74 bits per heavy atom. The predicted octanol–water partition coefficient (Wildman–Crippen LogP) is 7.29.